The number of fused-ring (bicyclic) bond motifs is 5. The van der Waals surface area contributed by atoms with Crippen molar-refractivity contribution < 1.29 is 28.6 Å². The first-order valence-electron chi connectivity index (χ1n) is 16.0. The molecular formula is C34H40N6O7. The fourth-order valence-corrected chi connectivity index (χ4v) is 6.18. The molecule has 1 atom stereocenters. The highest BCUT2D eigenvalue weighted by Crippen LogP contribution is 2.46. The lowest BCUT2D eigenvalue weighted by Gasteiger charge is -2.27. The number of pyridine rings is 2. The Morgan fingerprint density at radius 3 is 2.74 bits per heavy atom. The maximum Gasteiger partial charge on any atom is 0.407 e. The highest BCUT2D eigenvalue weighted by atomic mass is 16.6. The molecule has 0 spiro atoms. The minimum atomic E-state index is -1.40. The topological polar surface area (TPSA) is 145 Å². The number of carbonyl (C=O) groups excluding carboxylic acids is 3. The summed E-state index contributed by atoms with van der Waals surface area (Å²) in [5.41, 5.74) is 4.36. The van der Waals surface area contributed by atoms with Gasteiger partial charge in [0.05, 0.1) is 58.7 Å². The van der Waals surface area contributed by atoms with Crippen molar-refractivity contribution in [3.63, 3.8) is 0 Å². The predicted octanol–water partition coefficient (Wildman–Crippen LogP) is 4.19. The van der Waals surface area contributed by atoms with Gasteiger partial charge in [0.15, 0.2) is 0 Å². The number of cyclic esters (lactones) is 1. The van der Waals surface area contributed by atoms with Crippen molar-refractivity contribution >= 4 is 46.6 Å². The zero-order chi connectivity index (χ0) is 33.5. The van der Waals surface area contributed by atoms with Gasteiger partial charge in [0.1, 0.15) is 12.2 Å². The molecule has 0 fully saturated rings. The Labute approximate surface area is 272 Å². The SMILES string of the molecule is CCCCCN1C=Nc2cccc3nc4c(c1c23)Cn1c-4cc2c(c1=O)COC(=O)[C@H]2OC(=O)CN(C)CCNC(=O)OC(C)(C)C. The first-order valence-corrected chi connectivity index (χ1v) is 16.0. The second-order valence-corrected chi connectivity index (χ2v) is 13.1. The summed E-state index contributed by atoms with van der Waals surface area (Å²) in [5, 5.41) is 3.59. The smallest absolute Gasteiger partial charge is 0.407 e. The van der Waals surface area contributed by atoms with Gasteiger partial charge in [-0.05, 0) is 52.4 Å². The summed E-state index contributed by atoms with van der Waals surface area (Å²) in [5.74, 6) is -1.42. The van der Waals surface area contributed by atoms with E-state index in [0.29, 0.717) is 30.0 Å². The lowest BCUT2D eigenvalue weighted by molar-refractivity contribution is -0.172. The number of amides is 1. The summed E-state index contributed by atoms with van der Waals surface area (Å²) in [6, 6.07) is 7.55. The number of rotatable bonds is 10. The predicted molar refractivity (Wildman–Crippen MR) is 176 cm³/mol. The lowest BCUT2D eigenvalue weighted by atomic mass is 9.99. The van der Waals surface area contributed by atoms with Gasteiger partial charge >= 0.3 is 18.0 Å². The highest BCUT2D eigenvalue weighted by molar-refractivity contribution is 6.11. The van der Waals surface area contributed by atoms with Crippen molar-refractivity contribution in [1.82, 2.24) is 19.8 Å². The first-order chi connectivity index (χ1) is 22.4. The molecule has 1 aromatic carbocycles. The van der Waals surface area contributed by atoms with Gasteiger partial charge in [-0.2, -0.15) is 0 Å². The average Bonchev–Trinajstić information content (AvgIpc) is 3.37. The van der Waals surface area contributed by atoms with Crippen molar-refractivity contribution in [3.8, 4) is 11.4 Å². The van der Waals surface area contributed by atoms with Gasteiger partial charge in [0.25, 0.3) is 5.56 Å². The quantitative estimate of drug-likeness (QED) is 0.152. The third-order valence-corrected chi connectivity index (χ3v) is 8.35. The van der Waals surface area contributed by atoms with Gasteiger partial charge in [-0.15, -0.1) is 0 Å². The van der Waals surface area contributed by atoms with Crippen molar-refractivity contribution in [1.29, 1.82) is 0 Å². The zero-order valence-corrected chi connectivity index (χ0v) is 27.4. The molecule has 0 bridgehead atoms. The number of aromatic nitrogens is 2. The van der Waals surface area contributed by atoms with Crippen LogP contribution in [0.3, 0.4) is 0 Å². The minimum absolute atomic E-state index is 0.156. The zero-order valence-electron chi connectivity index (χ0n) is 27.4. The Morgan fingerprint density at radius 1 is 1.17 bits per heavy atom. The maximum absolute atomic E-state index is 13.9. The van der Waals surface area contributed by atoms with Crippen LogP contribution in [0, 0.1) is 0 Å². The number of benzene rings is 1. The number of nitrogens with zero attached hydrogens (tertiary/aromatic N) is 5. The number of unbranched alkanes of at least 4 members (excludes halogenated alkanes) is 2. The molecule has 2 aromatic heterocycles. The van der Waals surface area contributed by atoms with E-state index in [-0.39, 0.29) is 30.8 Å². The van der Waals surface area contributed by atoms with Gasteiger partial charge in [-0.3, -0.25) is 14.5 Å². The molecule has 1 N–H and O–H groups in total. The van der Waals surface area contributed by atoms with Gasteiger partial charge in [0, 0.05) is 30.8 Å². The third-order valence-electron chi connectivity index (χ3n) is 8.35. The fraction of sp³-hybridized carbons (Fsp3) is 0.471. The summed E-state index contributed by atoms with van der Waals surface area (Å²) in [6.45, 7) is 8.77. The van der Waals surface area contributed by atoms with Crippen LogP contribution in [0.2, 0.25) is 0 Å². The van der Waals surface area contributed by atoms with E-state index in [4.69, 9.17) is 24.2 Å². The number of carbonyl (C=O) groups is 3. The van der Waals surface area contributed by atoms with Crippen molar-refractivity contribution in [2.24, 2.45) is 4.99 Å². The molecule has 3 aliphatic heterocycles. The second-order valence-electron chi connectivity index (χ2n) is 13.1. The van der Waals surface area contributed by atoms with Crippen LogP contribution in [0.25, 0.3) is 22.3 Å². The Kier molecular flexibility index (Phi) is 8.75. The Morgan fingerprint density at radius 2 is 1.98 bits per heavy atom. The molecule has 0 aliphatic carbocycles. The summed E-state index contributed by atoms with van der Waals surface area (Å²) in [4.78, 5) is 65.3. The Balaban J connectivity index is 1.26. The van der Waals surface area contributed by atoms with E-state index in [1.54, 1.807) is 43.4 Å². The van der Waals surface area contributed by atoms with Gasteiger partial charge in [-0.25, -0.2) is 19.6 Å². The molecule has 3 aliphatic rings. The van der Waals surface area contributed by atoms with Crippen LogP contribution >= 0.6 is 0 Å². The Bertz CT molecular complexity index is 1840. The molecule has 47 heavy (non-hydrogen) atoms. The number of hydrogen-bond donors (Lipinski definition) is 1. The largest absolute Gasteiger partial charge is 0.458 e. The molecule has 0 saturated carbocycles. The van der Waals surface area contributed by atoms with E-state index in [9.17, 15) is 19.2 Å². The van der Waals surface area contributed by atoms with Gasteiger partial charge in [-0.1, -0.05) is 25.8 Å². The molecule has 0 saturated heterocycles. The number of ether oxygens (including phenoxy) is 3. The normalized spacial score (nSPS) is 16.1. The van der Waals surface area contributed by atoms with Crippen LogP contribution < -0.4 is 15.8 Å². The Hall–Kier alpha value is -4.78. The van der Waals surface area contributed by atoms with E-state index in [1.807, 2.05) is 24.5 Å². The molecule has 13 heteroatoms. The van der Waals surface area contributed by atoms with E-state index in [0.717, 1.165) is 53.6 Å². The summed E-state index contributed by atoms with van der Waals surface area (Å²) in [7, 11) is 1.69. The number of aliphatic imine (C=N–C) groups is 1. The molecule has 3 aromatic rings. The van der Waals surface area contributed by atoms with E-state index >= 15 is 0 Å². The molecule has 13 nitrogen and oxygen atoms in total. The second kappa shape index (κ2) is 12.8. The first kappa shape index (κ1) is 32.2. The molecular weight excluding hydrogens is 604 g/mol. The molecule has 6 rings (SSSR count). The summed E-state index contributed by atoms with van der Waals surface area (Å²) in [6.07, 6.45) is 3.07. The third kappa shape index (κ3) is 6.44. The van der Waals surface area contributed by atoms with Crippen LogP contribution in [0.1, 0.15) is 69.8 Å². The van der Waals surface area contributed by atoms with E-state index < -0.39 is 29.7 Å². The monoisotopic (exact) mass is 644 g/mol. The number of hydrogen-bond acceptors (Lipinski definition) is 11. The van der Waals surface area contributed by atoms with Crippen LogP contribution in [0.15, 0.2) is 34.1 Å². The molecule has 5 heterocycles. The van der Waals surface area contributed by atoms with Gasteiger partial charge in [0.2, 0.25) is 6.10 Å². The standard InChI is InChI=1S/C34H40N6O7/c1-6-7-8-13-39-19-36-23-10-9-11-24-27(23)29(39)21-16-40-25(28(21)37-24)15-20-22(31(40)42)18-45-32(43)30(20)46-26(41)17-38(5)14-12-35-33(44)47-34(2,3)4/h9-11,15,19,30H,6-8,12-14,16-18H2,1-5H3,(H,35,44)/t30-/m0/s1. The minimum Gasteiger partial charge on any atom is -0.458 e. The molecule has 1 amide bonds. The number of nitrogens with one attached hydrogen (secondary N) is 1. The summed E-state index contributed by atoms with van der Waals surface area (Å²) >= 11 is 0. The van der Waals surface area contributed by atoms with Crippen LogP contribution in [0.5, 0.6) is 0 Å². The number of likely N-dealkylation sites (N-methyl/N-ethyl adjacent to an activating group) is 1. The number of anilines is 1. The highest BCUT2D eigenvalue weighted by Gasteiger charge is 2.39. The van der Waals surface area contributed by atoms with Crippen LogP contribution in [-0.2, 0) is 37.0 Å². The molecule has 0 unspecified atom stereocenters. The van der Waals surface area contributed by atoms with Gasteiger partial charge < -0.3 is 29.0 Å². The van der Waals surface area contributed by atoms with Crippen molar-refractivity contribution in [3.05, 3.63) is 51.3 Å². The molecule has 0 radical (unpaired) electrons. The summed E-state index contributed by atoms with van der Waals surface area (Å²) < 4.78 is 17.9. The van der Waals surface area contributed by atoms with Crippen LogP contribution in [0.4, 0.5) is 16.2 Å². The number of alkyl carbamates (subject to hydrolysis) is 1. The fourth-order valence-electron chi connectivity index (χ4n) is 6.18. The van der Waals surface area contributed by atoms with Crippen molar-refractivity contribution in [2.45, 2.75) is 71.8 Å². The van der Waals surface area contributed by atoms with E-state index in [2.05, 4.69) is 17.1 Å². The average molecular weight is 645 g/mol. The lowest BCUT2D eigenvalue weighted by Crippen LogP contribution is -2.39. The molecule has 248 valence electrons. The van der Waals surface area contributed by atoms with Crippen LogP contribution in [-0.4, -0.2) is 77.6 Å². The maximum atomic E-state index is 13.9. The number of esters is 2. The van der Waals surface area contributed by atoms with E-state index in [1.165, 1.54) is 0 Å². The van der Waals surface area contributed by atoms with Crippen molar-refractivity contribution in [2.75, 3.05) is 38.1 Å².